The zero-order chi connectivity index (χ0) is 13.1. The summed E-state index contributed by atoms with van der Waals surface area (Å²) in [5, 5.41) is 3.06. The van der Waals surface area contributed by atoms with Gasteiger partial charge in [-0.3, -0.25) is 10.6 Å². The molecule has 1 aromatic carbocycles. The lowest BCUT2D eigenvalue weighted by Gasteiger charge is -2.15. The van der Waals surface area contributed by atoms with Gasteiger partial charge in [0.05, 0.1) is 0 Å². The summed E-state index contributed by atoms with van der Waals surface area (Å²) in [4.78, 5) is 12.1. The Bertz CT molecular complexity index is 441. The highest BCUT2D eigenvalue weighted by molar-refractivity contribution is 5.96. The van der Waals surface area contributed by atoms with Gasteiger partial charge in [-0.15, -0.1) is 0 Å². The fraction of sp³-hybridized carbons (Fsp3) is 0.500. The molecular formula is C14H21N3O. The standard InChI is InChI=1S/C14H21N3O/c1-9-7-12(17-15)5-6-13(9)14(18)16-10(2)8-11-3-4-11/h5-7,10-11,17H,3-4,8,15H2,1-2H3,(H,16,18). The number of benzene rings is 1. The van der Waals surface area contributed by atoms with E-state index in [4.69, 9.17) is 5.84 Å². The topological polar surface area (TPSA) is 67.1 Å². The van der Waals surface area contributed by atoms with Crippen LogP contribution in [0.4, 0.5) is 5.69 Å². The number of carbonyl (C=O) groups excluding carboxylic acids is 1. The second kappa shape index (κ2) is 5.40. The summed E-state index contributed by atoms with van der Waals surface area (Å²) in [5.74, 6) is 6.17. The van der Waals surface area contributed by atoms with Gasteiger partial charge in [0, 0.05) is 17.3 Å². The molecule has 4 nitrogen and oxygen atoms in total. The average molecular weight is 247 g/mol. The molecule has 1 aromatic rings. The van der Waals surface area contributed by atoms with E-state index in [1.54, 1.807) is 0 Å². The van der Waals surface area contributed by atoms with Gasteiger partial charge in [0.25, 0.3) is 5.91 Å². The quantitative estimate of drug-likeness (QED) is 0.552. The van der Waals surface area contributed by atoms with Gasteiger partial charge >= 0.3 is 0 Å². The van der Waals surface area contributed by atoms with Crippen molar-refractivity contribution in [1.29, 1.82) is 0 Å². The number of hydrogen-bond acceptors (Lipinski definition) is 3. The summed E-state index contributed by atoms with van der Waals surface area (Å²) in [6.07, 6.45) is 3.72. The first-order valence-electron chi connectivity index (χ1n) is 6.48. The number of hydrogen-bond donors (Lipinski definition) is 3. The molecule has 1 fully saturated rings. The Morgan fingerprint density at radius 2 is 2.22 bits per heavy atom. The van der Waals surface area contributed by atoms with Crippen molar-refractivity contribution >= 4 is 11.6 Å². The lowest BCUT2D eigenvalue weighted by molar-refractivity contribution is 0.0937. The summed E-state index contributed by atoms with van der Waals surface area (Å²) in [7, 11) is 0. The minimum absolute atomic E-state index is 0.00391. The minimum atomic E-state index is 0.00391. The zero-order valence-electron chi connectivity index (χ0n) is 11.0. The minimum Gasteiger partial charge on any atom is -0.350 e. The first kappa shape index (κ1) is 12.9. The van der Waals surface area contributed by atoms with Crippen LogP contribution in [0.15, 0.2) is 18.2 Å². The fourth-order valence-corrected chi connectivity index (χ4v) is 2.22. The van der Waals surface area contributed by atoms with Gasteiger partial charge in [0.1, 0.15) is 0 Å². The second-order valence-corrected chi connectivity index (χ2v) is 5.23. The summed E-state index contributed by atoms with van der Waals surface area (Å²) in [5.41, 5.74) is 5.04. The van der Waals surface area contributed by atoms with E-state index in [9.17, 15) is 4.79 Å². The van der Waals surface area contributed by atoms with Gasteiger partial charge < -0.3 is 10.7 Å². The highest BCUT2D eigenvalue weighted by Crippen LogP contribution is 2.33. The zero-order valence-corrected chi connectivity index (χ0v) is 11.0. The van der Waals surface area contributed by atoms with Crippen LogP contribution in [0, 0.1) is 12.8 Å². The average Bonchev–Trinajstić information content (AvgIpc) is 3.12. The molecule has 1 aliphatic carbocycles. The molecule has 2 rings (SSSR count). The highest BCUT2D eigenvalue weighted by Gasteiger charge is 2.24. The molecule has 0 radical (unpaired) electrons. The second-order valence-electron chi connectivity index (χ2n) is 5.23. The molecule has 0 heterocycles. The van der Waals surface area contributed by atoms with Crippen LogP contribution in [0.3, 0.4) is 0 Å². The molecule has 0 saturated heterocycles. The van der Waals surface area contributed by atoms with Crippen molar-refractivity contribution in [2.75, 3.05) is 5.43 Å². The Kier molecular flexibility index (Phi) is 3.87. The van der Waals surface area contributed by atoms with Crippen molar-refractivity contribution < 1.29 is 4.79 Å². The maximum atomic E-state index is 12.1. The maximum absolute atomic E-state index is 12.1. The van der Waals surface area contributed by atoms with Crippen LogP contribution in [0.5, 0.6) is 0 Å². The first-order valence-corrected chi connectivity index (χ1v) is 6.48. The van der Waals surface area contributed by atoms with Gasteiger partial charge in [0.15, 0.2) is 0 Å². The normalized spacial score (nSPS) is 16.2. The molecule has 4 N–H and O–H groups in total. The molecule has 1 amide bonds. The third kappa shape index (κ3) is 3.23. The molecule has 1 saturated carbocycles. The lowest BCUT2D eigenvalue weighted by Crippen LogP contribution is -2.33. The smallest absolute Gasteiger partial charge is 0.251 e. The molecule has 0 aliphatic heterocycles. The van der Waals surface area contributed by atoms with E-state index in [0.717, 1.165) is 29.2 Å². The molecule has 0 aromatic heterocycles. The number of aryl methyl sites for hydroxylation is 1. The number of nitrogen functional groups attached to an aromatic ring is 1. The Labute approximate surface area is 108 Å². The van der Waals surface area contributed by atoms with Gasteiger partial charge in [-0.2, -0.15) is 0 Å². The van der Waals surface area contributed by atoms with E-state index in [2.05, 4.69) is 17.7 Å². The molecule has 0 bridgehead atoms. The monoisotopic (exact) mass is 247 g/mol. The molecular weight excluding hydrogens is 226 g/mol. The van der Waals surface area contributed by atoms with Crippen molar-refractivity contribution in [3.63, 3.8) is 0 Å². The highest BCUT2D eigenvalue weighted by atomic mass is 16.1. The predicted octanol–water partition coefficient (Wildman–Crippen LogP) is 2.20. The number of carbonyl (C=O) groups is 1. The van der Waals surface area contributed by atoms with E-state index in [1.165, 1.54) is 12.8 Å². The number of amides is 1. The summed E-state index contributed by atoms with van der Waals surface area (Å²) in [6, 6.07) is 5.74. The van der Waals surface area contributed by atoms with Crippen LogP contribution in [0.2, 0.25) is 0 Å². The predicted molar refractivity (Wildman–Crippen MR) is 73.3 cm³/mol. The molecule has 98 valence electrons. The number of anilines is 1. The van der Waals surface area contributed by atoms with Crippen molar-refractivity contribution in [2.24, 2.45) is 11.8 Å². The van der Waals surface area contributed by atoms with Crippen LogP contribution in [-0.2, 0) is 0 Å². The van der Waals surface area contributed by atoms with E-state index >= 15 is 0 Å². The summed E-state index contributed by atoms with van der Waals surface area (Å²) in [6.45, 7) is 3.99. The number of nitrogens with two attached hydrogens (primary N) is 1. The van der Waals surface area contributed by atoms with Crippen LogP contribution < -0.4 is 16.6 Å². The van der Waals surface area contributed by atoms with Crippen LogP contribution in [-0.4, -0.2) is 11.9 Å². The van der Waals surface area contributed by atoms with Gasteiger partial charge in [-0.25, -0.2) is 0 Å². The molecule has 0 spiro atoms. The van der Waals surface area contributed by atoms with Crippen molar-refractivity contribution in [1.82, 2.24) is 5.32 Å². The maximum Gasteiger partial charge on any atom is 0.251 e. The third-order valence-corrected chi connectivity index (χ3v) is 3.40. The van der Waals surface area contributed by atoms with Gasteiger partial charge in [-0.1, -0.05) is 12.8 Å². The van der Waals surface area contributed by atoms with Crippen molar-refractivity contribution in [2.45, 2.75) is 39.2 Å². The first-order chi connectivity index (χ1) is 8.60. The molecule has 4 heteroatoms. The van der Waals surface area contributed by atoms with Gasteiger partial charge in [-0.05, 0) is 49.9 Å². The van der Waals surface area contributed by atoms with E-state index in [-0.39, 0.29) is 11.9 Å². The number of nitrogens with one attached hydrogen (secondary N) is 2. The van der Waals surface area contributed by atoms with Crippen LogP contribution in [0.25, 0.3) is 0 Å². The van der Waals surface area contributed by atoms with E-state index in [1.807, 2.05) is 25.1 Å². The largest absolute Gasteiger partial charge is 0.350 e. The van der Waals surface area contributed by atoms with Crippen LogP contribution in [0.1, 0.15) is 42.1 Å². The van der Waals surface area contributed by atoms with E-state index in [0.29, 0.717) is 0 Å². The van der Waals surface area contributed by atoms with Crippen molar-refractivity contribution in [3.05, 3.63) is 29.3 Å². The van der Waals surface area contributed by atoms with Crippen LogP contribution >= 0.6 is 0 Å². The summed E-state index contributed by atoms with van der Waals surface area (Å²) >= 11 is 0. The van der Waals surface area contributed by atoms with Crippen molar-refractivity contribution in [3.8, 4) is 0 Å². The third-order valence-electron chi connectivity index (χ3n) is 3.40. The van der Waals surface area contributed by atoms with E-state index < -0.39 is 0 Å². The van der Waals surface area contributed by atoms with Gasteiger partial charge in [0.2, 0.25) is 0 Å². The number of hydrazine groups is 1. The molecule has 1 aliphatic rings. The molecule has 18 heavy (non-hydrogen) atoms. The SMILES string of the molecule is Cc1cc(NN)ccc1C(=O)NC(C)CC1CC1. The molecule has 1 atom stereocenters. The lowest BCUT2D eigenvalue weighted by atomic mass is 10.1. The fourth-order valence-electron chi connectivity index (χ4n) is 2.22. The Morgan fingerprint density at radius 1 is 1.50 bits per heavy atom. The molecule has 1 unspecified atom stereocenters. The Hall–Kier alpha value is -1.55. The Balaban J connectivity index is 1.98. The number of rotatable bonds is 5. The summed E-state index contributed by atoms with van der Waals surface area (Å²) < 4.78 is 0. The Morgan fingerprint density at radius 3 is 2.78 bits per heavy atom.